The van der Waals surface area contributed by atoms with Crippen LogP contribution in [0, 0.1) is 31.6 Å². The fourth-order valence-corrected chi connectivity index (χ4v) is 4.39. The monoisotopic (exact) mass is 431 g/mol. The molecule has 1 aliphatic heterocycles. The maximum absolute atomic E-state index is 13.0. The number of amides is 2. The normalized spacial score (nSPS) is 22.1. The van der Waals surface area contributed by atoms with Crippen molar-refractivity contribution >= 4 is 29.3 Å². The predicted molar refractivity (Wildman–Crippen MR) is 119 cm³/mol. The number of carbonyl (C=O) groups excluding carboxylic acids is 4. The largest absolute Gasteiger partial charge is 0.454 e. The van der Waals surface area contributed by atoms with Crippen LogP contribution in [0.2, 0.25) is 0 Å². The minimum Gasteiger partial charge on any atom is -0.454 e. The van der Waals surface area contributed by atoms with Crippen LogP contribution < -0.4 is 4.90 Å². The summed E-state index contributed by atoms with van der Waals surface area (Å²) in [5, 5.41) is 0. The Morgan fingerprint density at radius 1 is 1.00 bits per heavy atom. The molecule has 3 atom stereocenters. The van der Waals surface area contributed by atoms with Gasteiger partial charge in [-0.2, -0.15) is 0 Å². The van der Waals surface area contributed by atoms with Gasteiger partial charge in [-0.05, 0) is 61.6 Å². The number of nitrogens with zero attached hydrogens (tertiary/aromatic N) is 1. The topological polar surface area (TPSA) is 80.8 Å². The Morgan fingerprint density at radius 2 is 1.78 bits per heavy atom. The third-order valence-corrected chi connectivity index (χ3v) is 6.38. The Hall–Kier alpha value is -3.54. The second-order valence-electron chi connectivity index (χ2n) is 8.52. The third kappa shape index (κ3) is 3.88. The van der Waals surface area contributed by atoms with Gasteiger partial charge < -0.3 is 4.74 Å². The number of ketones is 1. The molecule has 0 saturated carbocycles. The van der Waals surface area contributed by atoms with Gasteiger partial charge in [0.2, 0.25) is 11.8 Å². The van der Waals surface area contributed by atoms with Crippen molar-refractivity contribution in [3.05, 3.63) is 76.9 Å². The summed E-state index contributed by atoms with van der Waals surface area (Å²) in [4.78, 5) is 52.0. The molecule has 2 aromatic carbocycles. The van der Waals surface area contributed by atoms with Crippen molar-refractivity contribution < 1.29 is 23.9 Å². The maximum Gasteiger partial charge on any atom is 0.338 e. The summed E-state index contributed by atoms with van der Waals surface area (Å²) >= 11 is 0. The zero-order valence-electron chi connectivity index (χ0n) is 18.3. The molecular formula is C26H25NO5. The molecule has 164 valence electrons. The van der Waals surface area contributed by atoms with Crippen LogP contribution in [-0.2, 0) is 14.3 Å². The fourth-order valence-electron chi connectivity index (χ4n) is 4.39. The van der Waals surface area contributed by atoms with E-state index >= 15 is 0 Å². The molecule has 0 aromatic heterocycles. The molecule has 0 spiro atoms. The van der Waals surface area contributed by atoms with Crippen LogP contribution in [0.15, 0.2) is 54.6 Å². The van der Waals surface area contributed by atoms with E-state index in [1.165, 1.54) is 17.0 Å². The molecule has 2 aliphatic rings. The molecule has 1 aliphatic carbocycles. The third-order valence-electron chi connectivity index (χ3n) is 6.38. The summed E-state index contributed by atoms with van der Waals surface area (Å²) in [6.07, 6.45) is 4.45. The first kappa shape index (κ1) is 21.7. The number of anilines is 1. The summed E-state index contributed by atoms with van der Waals surface area (Å²) < 4.78 is 5.21. The summed E-state index contributed by atoms with van der Waals surface area (Å²) in [5.74, 6) is -2.23. The number of carbonyl (C=O) groups is 4. The first-order valence-electron chi connectivity index (χ1n) is 10.7. The molecule has 0 unspecified atom stereocenters. The average molecular weight is 431 g/mol. The number of rotatable bonds is 5. The summed E-state index contributed by atoms with van der Waals surface area (Å²) in [7, 11) is 0. The van der Waals surface area contributed by atoms with Crippen molar-refractivity contribution in [2.45, 2.75) is 27.2 Å². The second-order valence-corrected chi connectivity index (χ2v) is 8.52. The predicted octanol–water partition coefficient (Wildman–Crippen LogP) is 4.04. The molecule has 2 aromatic rings. The Morgan fingerprint density at radius 3 is 2.50 bits per heavy atom. The van der Waals surface area contributed by atoms with Gasteiger partial charge >= 0.3 is 5.97 Å². The van der Waals surface area contributed by atoms with Gasteiger partial charge in [0.1, 0.15) is 0 Å². The van der Waals surface area contributed by atoms with Gasteiger partial charge in [-0.1, -0.05) is 37.3 Å². The van der Waals surface area contributed by atoms with Gasteiger partial charge in [-0.15, -0.1) is 0 Å². The highest BCUT2D eigenvalue weighted by molar-refractivity contribution is 6.22. The van der Waals surface area contributed by atoms with Crippen molar-refractivity contribution in [2.24, 2.45) is 17.8 Å². The number of hydrogen-bond donors (Lipinski definition) is 0. The standard InChI is InChI=1S/C26H25NO5/c1-15-10-11-18(12-17(15)3)22(28)14-32-26(31)19-7-5-8-20(13-19)27-24(29)21-9-4-6-16(2)23(21)25(27)30/h4-8,10-13,16,21,23H,9,14H2,1-3H3/t16-,21-,23-/m1/s1. The lowest BCUT2D eigenvalue weighted by molar-refractivity contribution is -0.122. The Bertz CT molecular complexity index is 1150. The van der Waals surface area contributed by atoms with E-state index in [-0.39, 0.29) is 47.5 Å². The first-order valence-corrected chi connectivity index (χ1v) is 10.7. The van der Waals surface area contributed by atoms with E-state index in [2.05, 4.69) is 0 Å². The van der Waals surface area contributed by atoms with Crippen LogP contribution in [0.1, 0.15) is 45.2 Å². The van der Waals surface area contributed by atoms with E-state index < -0.39 is 5.97 Å². The molecule has 1 heterocycles. The zero-order valence-corrected chi connectivity index (χ0v) is 18.3. The average Bonchev–Trinajstić information content (AvgIpc) is 3.04. The van der Waals surface area contributed by atoms with Crippen LogP contribution in [0.5, 0.6) is 0 Å². The molecule has 1 fully saturated rings. The Labute approximate surface area is 186 Å². The summed E-state index contributed by atoms with van der Waals surface area (Å²) in [6.45, 7) is 5.42. The van der Waals surface area contributed by atoms with Crippen LogP contribution in [0.4, 0.5) is 5.69 Å². The number of aryl methyl sites for hydroxylation is 2. The van der Waals surface area contributed by atoms with Gasteiger partial charge in [-0.25, -0.2) is 4.79 Å². The van der Waals surface area contributed by atoms with Crippen molar-refractivity contribution in [3.8, 4) is 0 Å². The van der Waals surface area contributed by atoms with Gasteiger partial charge in [-0.3, -0.25) is 19.3 Å². The molecule has 1 saturated heterocycles. The van der Waals surface area contributed by atoms with E-state index in [9.17, 15) is 19.2 Å². The lowest BCUT2D eigenvalue weighted by Gasteiger charge is -2.22. The molecule has 32 heavy (non-hydrogen) atoms. The van der Waals surface area contributed by atoms with E-state index in [0.29, 0.717) is 17.7 Å². The highest BCUT2D eigenvalue weighted by atomic mass is 16.5. The SMILES string of the molecule is Cc1ccc(C(=O)COC(=O)c2cccc(N3C(=O)[C@@H]4[C@H](C)C=CC[C@H]4C3=O)c2)cc1C. The van der Waals surface area contributed by atoms with Crippen LogP contribution in [0.25, 0.3) is 0 Å². The Balaban J connectivity index is 1.47. The molecule has 2 amide bonds. The second kappa shape index (κ2) is 8.54. The minimum absolute atomic E-state index is 0.0141. The number of fused-ring (bicyclic) bond motifs is 1. The first-order chi connectivity index (χ1) is 15.3. The molecule has 0 radical (unpaired) electrons. The van der Waals surface area contributed by atoms with Gasteiger partial charge in [0.25, 0.3) is 0 Å². The van der Waals surface area contributed by atoms with Gasteiger partial charge in [0.15, 0.2) is 12.4 Å². The number of esters is 1. The van der Waals surface area contributed by atoms with Crippen molar-refractivity contribution in [1.29, 1.82) is 0 Å². The quantitative estimate of drug-likeness (QED) is 0.309. The van der Waals surface area contributed by atoms with Gasteiger partial charge in [0.05, 0.1) is 23.1 Å². The molecule has 0 N–H and O–H groups in total. The number of hydrogen-bond acceptors (Lipinski definition) is 5. The van der Waals surface area contributed by atoms with Crippen LogP contribution in [0.3, 0.4) is 0 Å². The highest BCUT2D eigenvalue weighted by Crippen LogP contribution is 2.40. The summed E-state index contributed by atoms with van der Waals surface area (Å²) in [6, 6.07) is 11.6. The van der Waals surface area contributed by atoms with E-state index in [0.717, 1.165) is 11.1 Å². The van der Waals surface area contributed by atoms with E-state index in [1.54, 1.807) is 24.3 Å². The number of imide groups is 1. The van der Waals surface area contributed by atoms with E-state index in [1.807, 2.05) is 39.0 Å². The van der Waals surface area contributed by atoms with Crippen molar-refractivity contribution in [2.75, 3.05) is 11.5 Å². The van der Waals surface area contributed by atoms with Gasteiger partial charge in [0, 0.05) is 5.56 Å². The number of benzene rings is 2. The fraction of sp³-hybridized carbons (Fsp3) is 0.308. The number of ether oxygens (including phenoxy) is 1. The minimum atomic E-state index is -0.685. The number of allylic oxidation sites excluding steroid dienone is 2. The zero-order chi connectivity index (χ0) is 23.0. The molecule has 6 nitrogen and oxygen atoms in total. The molecule has 4 rings (SSSR count). The maximum atomic E-state index is 13.0. The highest BCUT2D eigenvalue weighted by Gasteiger charge is 2.50. The van der Waals surface area contributed by atoms with E-state index in [4.69, 9.17) is 4.74 Å². The summed E-state index contributed by atoms with van der Waals surface area (Å²) in [5.41, 5.74) is 3.06. The van der Waals surface area contributed by atoms with Crippen LogP contribution in [-0.4, -0.2) is 30.2 Å². The lowest BCUT2D eigenvalue weighted by atomic mass is 9.78. The van der Waals surface area contributed by atoms with Crippen LogP contribution >= 0.6 is 0 Å². The van der Waals surface area contributed by atoms with Crippen molar-refractivity contribution in [3.63, 3.8) is 0 Å². The molecular weight excluding hydrogens is 406 g/mol. The lowest BCUT2D eigenvalue weighted by Crippen LogP contribution is -2.31. The van der Waals surface area contributed by atoms with Crippen molar-refractivity contribution in [1.82, 2.24) is 0 Å². The number of Topliss-reactive ketones (excluding diaryl/α,β-unsaturated/α-hetero) is 1. The smallest absolute Gasteiger partial charge is 0.338 e. The Kier molecular flexibility index (Phi) is 5.78. The molecule has 0 bridgehead atoms. The molecule has 6 heteroatoms.